The number of benzene rings is 1. The van der Waals surface area contributed by atoms with Gasteiger partial charge in [-0.15, -0.1) is 0 Å². The Kier molecular flexibility index (Phi) is 4.51. The van der Waals surface area contributed by atoms with Gasteiger partial charge in [0.2, 0.25) is 0 Å². The first-order valence-corrected chi connectivity index (χ1v) is 8.38. The Morgan fingerprint density at radius 1 is 1.24 bits per heavy atom. The summed E-state index contributed by atoms with van der Waals surface area (Å²) in [6.07, 6.45) is 6.44. The van der Waals surface area contributed by atoms with E-state index in [2.05, 4.69) is 30.0 Å². The maximum absolute atomic E-state index is 6.54. The summed E-state index contributed by atoms with van der Waals surface area (Å²) in [5.41, 5.74) is 7.80. The molecule has 3 nitrogen and oxygen atoms in total. The molecule has 0 aromatic heterocycles. The van der Waals surface area contributed by atoms with Gasteiger partial charge < -0.3 is 10.5 Å². The number of hydrogen-bond donors (Lipinski definition) is 1. The summed E-state index contributed by atoms with van der Waals surface area (Å²) < 4.78 is 5.61. The van der Waals surface area contributed by atoms with Crippen molar-refractivity contribution in [2.75, 3.05) is 13.7 Å². The second kappa shape index (κ2) is 6.37. The molecule has 0 bridgehead atoms. The number of methoxy groups -OCH3 is 1. The van der Waals surface area contributed by atoms with Gasteiger partial charge in [-0.05, 0) is 44.1 Å². The zero-order valence-electron chi connectivity index (χ0n) is 13.3. The van der Waals surface area contributed by atoms with Crippen LogP contribution in [0.4, 0.5) is 0 Å². The van der Waals surface area contributed by atoms with Crippen LogP contribution in [0, 0.1) is 5.92 Å². The number of nitrogens with two attached hydrogens (primary N) is 1. The van der Waals surface area contributed by atoms with Crippen molar-refractivity contribution in [1.82, 2.24) is 4.90 Å². The average molecular weight is 288 g/mol. The Labute approximate surface area is 128 Å². The van der Waals surface area contributed by atoms with E-state index in [9.17, 15) is 0 Å². The molecule has 2 fully saturated rings. The Bertz CT molecular complexity index is 468. The lowest BCUT2D eigenvalue weighted by atomic mass is 9.94. The lowest BCUT2D eigenvalue weighted by molar-refractivity contribution is 0.149. The first-order valence-electron chi connectivity index (χ1n) is 8.38. The van der Waals surface area contributed by atoms with Gasteiger partial charge in [-0.3, -0.25) is 4.90 Å². The highest BCUT2D eigenvalue weighted by Crippen LogP contribution is 2.42. The third kappa shape index (κ3) is 3.41. The lowest BCUT2D eigenvalue weighted by Crippen LogP contribution is -2.43. The van der Waals surface area contributed by atoms with Gasteiger partial charge in [-0.25, -0.2) is 0 Å². The Morgan fingerprint density at radius 3 is 2.52 bits per heavy atom. The molecule has 2 unspecified atom stereocenters. The fourth-order valence-electron chi connectivity index (χ4n) is 3.28. The fraction of sp³-hybridized carbons (Fsp3) is 0.667. The van der Waals surface area contributed by atoms with Crippen molar-refractivity contribution in [1.29, 1.82) is 0 Å². The highest BCUT2D eigenvalue weighted by atomic mass is 16.5. The Balaban J connectivity index is 1.91. The van der Waals surface area contributed by atoms with Gasteiger partial charge in [-0.1, -0.05) is 25.1 Å². The van der Waals surface area contributed by atoms with E-state index in [4.69, 9.17) is 10.5 Å². The van der Waals surface area contributed by atoms with Crippen molar-refractivity contribution in [2.24, 2.45) is 11.7 Å². The first kappa shape index (κ1) is 14.9. The van der Waals surface area contributed by atoms with E-state index >= 15 is 0 Å². The van der Waals surface area contributed by atoms with Crippen molar-refractivity contribution in [3.05, 3.63) is 29.8 Å². The van der Waals surface area contributed by atoms with Crippen LogP contribution in [0.15, 0.2) is 24.3 Å². The molecule has 0 radical (unpaired) electrons. The second-order valence-corrected chi connectivity index (χ2v) is 6.63. The minimum absolute atomic E-state index is 0.167. The zero-order valence-corrected chi connectivity index (χ0v) is 13.3. The Hall–Kier alpha value is -1.06. The van der Waals surface area contributed by atoms with Crippen LogP contribution in [0.2, 0.25) is 0 Å². The van der Waals surface area contributed by atoms with E-state index in [0.717, 1.165) is 24.1 Å². The highest BCUT2D eigenvalue weighted by Gasteiger charge is 2.40. The molecule has 2 saturated carbocycles. The molecule has 2 atom stereocenters. The largest absolute Gasteiger partial charge is 0.496 e. The molecule has 21 heavy (non-hydrogen) atoms. The number of nitrogens with zero attached hydrogens (tertiary/aromatic N) is 1. The summed E-state index contributed by atoms with van der Waals surface area (Å²) in [5.74, 6) is 1.87. The minimum atomic E-state index is 0.167. The molecule has 2 N–H and O–H groups in total. The maximum Gasteiger partial charge on any atom is 0.123 e. The van der Waals surface area contributed by atoms with Crippen molar-refractivity contribution in [2.45, 2.75) is 57.2 Å². The van der Waals surface area contributed by atoms with Crippen LogP contribution in [0.3, 0.4) is 0 Å². The van der Waals surface area contributed by atoms with Gasteiger partial charge in [0.25, 0.3) is 0 Å². The van der Waals surface area contributed by atoms with Crippen LogP contribution in [0.25, 0.3) is 0 Å². The van der Waals surface area contributed by atoms with Gasteiger partial charge in [0.1, 0.15) is 5.75 Å². The topological polar surface area (TPSA) is 38.5 Å². The van der Waals surface area contributed by atoms with Crippen LogP contribution in [0.5, 0.6) is 5.75 Å². The van der Waals surface area contributed by atoms with E-state index in [0.29, 0.717) is 6.04 Å². The summed E-state index contributed by atoms with van der Waals surface area (Å²) in [5, 5.41) is 0. The molecular weight excluding hydrogens is 260 g/mol. The molecule has 0 amide bonds. The van der Waals surface area contributed by atoms with Gasteiger partial charge in [-0.2, -0.15) is 0 Å². The third-order valence-electron chi connectivity index (χ3n) is 4.87. The van der Waals surface area contributed by atoms with Crippen molar-refractivity contribution in [3.8, 4) is 5.75 Å². The van der Waals surface area contributed by atoms with Crippen LogP contribution in [-0.2, 0) is 0 Å². The average Bonchev–Trinajstić information content (AvgIpc) is 3.39. The molecule has 0 saturated heterocycles. The predicted octanol–water partition coefficient (Wildman–Crippen LogP) is 3.35. The fourth-order valence-corrected chi connectivity index (χ4v) is 3.28. The molecule has 0 spiro atoms. The molecule has 2 aliphatic rings. The quantitative estimate of drug-likeness (QED) is 0.797. The first-order chi connectivity index (χ1) is 10.2. The van der Waals surface area contributed by atoms with Crippen molar-refractivity contribution in [3.63, 3.8) is 0 Å². The molecule has 2 aliphatic carbocycles. The van der Waals surface area contributed by atoms with E-state index < -0.39 is 0 Å². The van der Waals surface area contributed by atoms with E-state index in [1.807, 2.05) is 6.07 Å². The SMILES string of the molecule is CCC(N)C(c1ccccc1OC)N(CC1CC1)C1CC1. The Morgan fingerprint density at radius 2 is 1.95 bits per heavy atom. The van der Waals surface area contributed by atoms with Gasteiger partial charge in [0, 0.05) is 24.2 Å². The van der Waals surface area contributed by atoms with E-state index in [1.54, 1.807) is 7.11 Å². The second-order valence-electron chi connectivity index (χ2n) is 6.63. The van der Waals surface area contributed by atoms with Crippen LogP contribution >= 0.6 is 0 Å². The number of hydrogen-bond acceptors (Lipinski definition) is 3. The summed E-state index contributed by atoms with van der Waals surface area (Å²) in [6, 6.07) is 9.60. The normalized spacial score (nSPS) is 21.3. The minimum Gasteiger partial charge on any atom is -0.496 e. The predicted molar refractivity (Wildman–Crippen MR) is 86.5 cm³/mol. The molecule has 1 aromatic carbocycles. The van der Waals surface area contributed by atoms with Crippen molar-refractivity contribution >= 4 is 0 Å². The summed E-state index contributed by atoms with van der Waals surface area (Å²) in [7, 11) is 1.76. The summed E-state index contributed by atoms with van der Waals surface area (Å²) in [4.78, 5) is 2.68. The van der Waals surface area contributed by atoms with Crippen LogP contribution < -0.4 is 10.5 Å². The van der Waals surface area contributed by atoms with E-state index in [-0.39, 0.29) is 6.04 Å². The number of rotatable bonds is 8. The third-order valence-corrected chi connectivity index (χ3v) is 4.87. The van der Waals surface area contributed by atoms with Crippen molar-refractivity contribution < 1.29 is 4.74 Å². The maximum atomic E-state index is 6.54. The zero-order chi connectivity index (χ0) is 14.8. The molecule has 3 heteroatoms. The van der Waals surface area contributed by atoms with Gasteiger partial charge >= 0.3 is 0 Å². The molecule has 1 aromatic rings. The summed E-state index contributed by atoms with van der Waals surface area (Å²) in [6.45, 7) is 3.40. The van der Waals surface area contributed by atoms with E-state index in [1.165, 1.54) is 37.8 Å². The van der Waals surface area contributed by atoms with Crippen LogP contribution in [-0.4, -0.2) is 30.6 Å². The van der Waals surface area contributed by atoms with Gasteiger partial charge in [0.15, 0.2) is 0 Å². The molecule has 0 heterocycles. The highest BCUT2D eigenvalue weighted by molar-refractivity contribution is 5.37. The molecule has 116 valence electrons. The van der Waals surface area contributed by atoms with Crippen LogP contribution in [0.1, 0.15) is 50.6 Å². The number of para-hydroxylation sites is 1. The standard InChI is InChI=1S/C18H28N2O/c1-3-16(19)18(15-6-4-5-7-17(15)21-2)20(14-10-11-14)12-13-8-9-13/h4-7,13-14,16,18H,3,8-12,19H2,1-2H3. The molecular formula is C18H28N2O. The molecule has 3 rings (SSSR count). The monoisotopic (exact) mass is 288 g/mol. The molecule has 0 aliphatic heterocycles. The van der Waals surface area contributed by atoms with Gasteiger partial charge in [0.05, 0.1) is 13.2 Å². The lowest BCUT2D eigenvalue weighted by Gasteiger charge is -2.36. The smallest absolute Gasteiger partial charge is 0.123 e. The summed E-state index contributed by atoms with van der Waals surface area (Å²) >= 11 is 0. The number of ether oxygens (including phenoxy) is 1.